The first kappa shape index (κ1) is 20.6. The molecular formula is C22H20ClN5O3. The van der Waals surface area contributed by atoms with E-state index in [1.807, 2.05) is 12.1 Å². The van der Waals surface area contributed by atoms with Crippen molar-refractivity contribution in [1.29, 1.82) is 0 Å². The van der Waals surface area contributed by atoms with Crippen molar-refractivity contribution >= 4 is 29.2 Å². The van der Waals surface area contributed by atoms with E-state index < -0.39 is 0 Å². The number of halogens is 1. The maximum Gasteiger partial charge on any atom is 0.277 e. The van der Waals surface area contributed by atoms with Crippen LogP contribution in [0.5, 0.6) is 5.75 Å². The molecule has 31 heavy (non-hydrogen) atoms. The molecule has 0 saturated heterocycles. The van der Waals surface area contributed by atoms with E-state index in [2.05, 4.69) is 15.1 Å². The van der Waals surface area contributed by atoms with Gasteiger partial charge in [-0.2, -0.15) is 9.50 Å². The largest absolute Gasteiger partial charge is 0.497 e. The molecule has 0 unspecified atom stereocenters. The number of amides is 1. The van der Waals surface area contributed by atoms with Gasteiger partial charge in [0.25, 0.3) is 17.2 Å². The Balaban J connectivity index is 1.80. The fourth-order valence-electron chi connectivity index (χ4n) is 3.12. The van der Waals surface area contributed by atoms with E-state index in [0.717, 1.165) is 5.56 Å². The molecule has 2 aromatic heterocycles. The van der Waals surface area contributed by atoms with E-state index in [0.29, 0.717) is 27.6 Å². The summed E-state index contributed by atoms with van der Waals surface area (Å²) < 4.78 is 6.42. The van der Waals surface area contributed by atoms with Crippen molar-refractivity contribution in [3.63, 3.8) is 0 Å². The smallest absolute Gasteiger partial charge is 0.277 e. The summed E-state index contributed by atoms with van der Waals surface area (Å²) in [6, 6.07) is 14.0. The minimum absolute atomic E-state index is 0.201. The van der Waals surface area contributed by atoms with Crippen LogP contribution in [0.4, 0.5) is 5.95 Å². The molecule has 0 aliphatic rings. The quantitative estimate of drug-likeness (QED) is 0.515. The summed E-state index contributed by atoms with van der Waals surface area (Å²) in [5, 5.41) is 3.52. The number of aromatic nitrogens is 4. The molecule has 1 amide bonds. The van der Waals surface area contributed by atoms with Crippen LogP contribution in [0.3, 0.4) is 0 Å². The van der Waals surface area contributed by atoms with Gasteiger partial charge in [0, 0.05) is 21.8 Å². The normalized spacial score (nSPS) is 11.0. The van der Waals surface area contributed by atoms with E-state index in [1.165, 1.54) is 9.42 Å². The van der Waals surface area contributed by atoms with Crippen LogP contribution in [-0.4, -0.2) is 32.6 Å². The molecule has 2 heterocycles. The third-order valence-electron chi connectivity index (χ3n) is 5.04. The first-order valence-corrected chi connectivity index (χ1v) is 9.91. The molecule has 2 aromatic carbocycles. The van der Waals surface area contributed by atoms with Gasteiger partial charge in [-0.3, -0.25) is 19.6 Å². The van der Waals surface area contributed by atoms with Gasteiger partial charge in [0.05, 0.1) is 13.7 Å². The molecular weight excluding hydrogens is 418 g/mol. The fraction of sp³-hybridized carbons (Fsp3) is 0.182. The molecule has 8 nitrogen and oxygen atoms in total. The lowest BCUT2D eigenvalue weighted by molar-refractivity contribution is 0.0983. The van der Waals surface area contributed by atoms with Gasteiger partial charge in [-0.25, -0.2) is 4.98 Å². The average molecular weight is 438 g/mol. The lowest BCUT2D eigenvalue weighted by atomic mass is 10.1. The summed E-state index contributed by atoms with van der Waals surface area (Å²) in [4.78, 5) is 36.3. The zero-order valence-corrected chi connectivity index (χ0v) is 18.0. The van der Waals surface area contributed by atoms with E-state index in [9.17, 15) is 9.59 Å². The molecule has 0 atom stereocenters. The lowest BCUT2D eigenvalue weighted by Crippen LogP contribution is -2.31. The van der Waals surface area contributed by atoms with Gasteiger partial charge in [-0.15, -0.1) is 0 Å². The summed E-state index contributed by atoms with van der Waals surface area (Å²) in [6.07, 6.45) is 0. The number of anilines is 1. The standard InChI is InChI=1S/C22H20ClN5O3/c1-13-14(2)24-21-25-22(26-28(21)19(13)29)27(12-15-4-8-17(23)9-5-15)20(30)16-6-10-18(31-3)11-7-16/h4-11H,12H2,1-3H3,(H,24,25,26). The Kier molecular flexibility index (Phi) is 5.48. The van der Waals surface area contributed by atoms with E-state index in [4.69, 9.17) is 16.3 Å². The predicted octanol–water partition coefficient (Wildman–Crippen LogP) is 3.54. The zero-order chi connectivity index (χ0) is 22.1. The summed E-state index contributed by atoms with van der Waals surface area (Å²) in [5.74, 6) is 0.765. The van der Waals surface area contributed by atoms with Crippen LogP contribution in [0.15, 0.2) is 53.3 Å². The number of hydrogen-bond donors (Lipinski definition) is 1. The molecule has 0 radical (unpaired) electrons. The summed E-state index contributed by atoms with van der Waals surface area (Å²) >= 11 is 6.00. The molecule has 4 aromatic rings. The number of benzene rings is 2. The van der Waals surface area contributed by atoms with Gasteiger partial charge in [-0.05, 0) is 55.8 Å². The lowest BCUT2D eigenvalue weighted by Gasteiger charge is -2.20. The minimum Gasteiger partial charge on any atom is -0.497 e. The second-order valence-electron chi connectivity index (χ2n) is 7.06. The monoisotopic (exact) mass is 437 g/mol. The van der Waals surface area contributed by atoms with Crippen molar-refractivity contribution in [2.45, 2.75) is 20.4 Å². The number of nitrogens with zero attached hydrogens (tertiary/aromatic N) is 4. The Morgan fingerprint density at radius 1 is 1.10 bits per heavy atom. The highest BCUT2D eigenvalue weighted by molar-refractivity contribution is 6.30. The molecule has 0 spiro atoms. The number of fused-ring (bicyclic) bond motifs is 1. The Bertz CT molecular complexity index is 1310. The molecule has 9 heteroatoms. The van der Waals surface area contributed by atoms with Crippen molar-refractivity contribution < 1.29 is 9.53 Å². The maximum atomic E-state index is 13.4. The van der Waals surface area contributed by atoms with Crippen molar-refractivity contribution in [2.75, 3.05) is 12.0 Å². The van der Waals surface area contributed by atoms with Crippen molar-refractivity contribution in [1.82, 2.24) is 19.6 Å². The highest BCUT2D eigenvalue weighted by Crippen LogP contribution is 2.20. The van der Waals surface area contributed by atoms with Gasteiger partial charge in [0.15, 0.2) is 0 Å². The molecule has 158 valence electrons. The predicted molar refractivity (Wildman–Crippen MR) is 118 cm³/mol. The number of hydrogen-bond acceptors (Lipinski definition) is 5. The second kappa shape index (κ2) is 8.23. The zero-order valence-electron chi connectivity index (χ0n) is 17.2. The number of rotatable bonds is 5. The number of carbonyl (C=O) groups excluding carboxylic acids is 1. The number of ether oxygens (including phenoxy) is 1. The van der Waals surface area contributed by atoms with Crippen LogP contribution in [0, 0.1) is 13.8 Å². The average Bonchev–Trinajstić information content (AvgIpc) is 3.20. The summed E-state index contributed by atoms with van der Waals surface area (Å²) in [7, 11) is 1.56. The number of aryl methyl sites for hydroxylation is 1. The molecule has 0 bridgehead atoms. The molecule has 0 saturated carbocycles. The third kappa shape index (κ3) is 4.02. The van der Waals surface area contributed by atoms with Gasteiger partial charge in [0.2, 0.25) is 5.95 Å². The first-order chi connectivity index (χ1) is 14.9. The number of methoxy groups -OCH3 is 1. The third-order valence-corrected chi connectivity index (χ3v) is 5.30. The van der Waals surface area contributed by atoms with Gasteiger partial charge in [-0.1, -0.05) is 23.7 Å². The Morgan fingerprint density at radius 3 is 2.42 bits per heavy atom. The number of aromatic amines is 1. The van der Waals surface area contributed by atoms with Gasteiger partial charge < -0.3 is 4.74 Å². The molecule has 0 fully saturated rings. The minimum atomic E-state index is -0.293. The molecule has 0 aliphatic heterocycles. The van der Waals surface area contributed by atoms with Crippen LogP contribution < -0.4 is 15.2 Å². The van der Waals surface area contributed by atoms with Crippen LogP contribution in [0.2, 0.25) is 5.02 Å². The van der Waals surface area contributed by atoms with Gasteiger partial charge >= 0.3 is 0 Å². The highest BCUT2D eigenvalue weighted by Gasteiger charge is 2.23. The Hall–Kier alpha value is -3.65. The summed E-state index contributed by atoms with van der Waals surface area (Å²) in [5.41, 5.74) is 2.14. The SMILES string of the molecule is COc1ccc(C(=O)N(Cc2ccc(Cl)cc2)c2nc3nc(C)c(C)c(=O)n3[nH]2)cc1. The number of nitrogens with one attached hydrogen (secondary N) is 1. The van der Waals surface area contributed by atoms with Crippen LogP contribution in [-0.2, 0) is 6.54 Å². The highest BCUT2D eigenvalue weighted by atomic mass is 35.5. The molecule has 1 N–H and O–H groups in total. The van der Waals surface area contributed by atoms with Crippen LogP contribution in [0.1, 0.15) is 27.2 Å². The van der Waals surface area contributed by atoms with Crippen molar-refractivity contribution in [3.8, 4) is 5.75 Å². The molecule has 4 rings (SSSR count). The van der Waals surface area contributed by atoms with Crippen LogP contribution >= 0.6 is 11.6 Å². The van der Waals surface area contributed by atoms with Gasteiger partial charge in [0.1, 0.15) is 5.75 Å². The fourth-order valence-corrected chi connectivity index (χ4v) is 3.24. The number of H-pyrrole nitrogens is 1. The first-order valence-electron chi connectivity index (χ1n) is 9.53. The van der Waals surface area contributed by atoms with Crippen molar-refractivity contribution in [3.05, 3.63) is 86.3 Å². The summed E-state index contributed by atoms with van der Waals surface area (Å²) in [6.45, 7) is 3.67. The van der Waals surface area contributed by atoms with Crippen molar-refractivity contribution in [2.24, 2.45) is 0 Å². The Labute approximate surface area is 183 Å². The topological polar surface area (TPSA) is 92.6 Å². The van der Waals surface area contributed by atoms with E-state index >= 15 is 0 Å². The van der Waals surface area contributed by atoms with E-state index in [-0.39, 0.29) is 29.7 Å². The van der Waals surface area contributed by atoms with E-state index in [1.54, 1.807) is 57.4 Å². The Morgan fingerprint density at radius 2 is 1.77 bits per heavy atom. The van der Waals surface area contributed by atoms with Crippen LogP contribution in [0.25, 0.3) is 5.78 Å². The maximum absolute atomic E-state index is 13.4. The molecule has 0 aliphatic carbocycles. The second-order valence-corrected chi connectivity index (χ2v) is 7.49. The number of carbonyl (C=O) groups is 1.